The molecular weight excluding hydrogens is 332 g/mol. The number of carbonyl (C=O) groups excluding carboxylic acids is 1. The Morgan fingerprint density at radius 3 is 2.69 bits per heavy atom. The van der Waals surface area contributed by atoms with Crippen molar-refractivity contribution in [3.8, 4) is 11.5 Å². The quantitative estimate of drug-likeness (QED) is 0.853. The minimum atomic E-state index is 0.0205. The molecule has 0 radical (unpaired) electrons. The van der Waals surface area contributed by atoms with Crippen molar-refractivity contribution < 1.29 is 14.3 Å². The standard InChI is InChI=1S/C19H24N4O3/c1-25-16-4-3-15(17(11-16)26-2)12-22-19(24)14-5-9-23(10-6-14)18-13-20-7-8-21-18/h3-4,7-8,11,13-14H,5-6,9-10,12H2,1-2H3,(H,22,24). The van der Waals surface area contributed by atoms with E-state index in [1.807, 2.05) is 18.2 Å². The Morgan fingerprint density at radius 2 is 2.04 bits per heavy atom. The highest BCUT2D eigenvalue weighted by molar-refractivity contribution is 5.79. The first-order chi connectivity index (χ1) is 12.7. The number of piperidine rings is 1. The van der Waals surface area contributed by atoms with Gasteiger partial charge in [0.05, 0.1) is 20.4 Å². The zero-order chi connectivity index (χ0) is 18.4. The van der Waals surface area contributed by atoms with E-state index in [1.165, 1.54) is 0 Å². The van der Waals surface area contributed by atoms with E-state index in [2.05, 4.69) is 20.2 Å². The van der Waals surface area contributed by atoms with E-state index >= 15 is 0 Å². The number of hydrogen-bond donors (Lipinski definition) is 1. The molecule has 1 N–H and O–H groups in total. The average Bonchev–Trinajstić information content (AvgIpc) is 2.72. The fraction of sp³-hybridized carbons (Fsp3) is 0.421. The number of nitrogens with one attached hydrogen (secondary N) is 1. The summed E-state index contributed by atoms with van der Waals surface area (Å²) < 4.78 is 10.6. The van der Waals surface area contributed by atoms with Crippen molar-refractivity contribution in [2.75, 3.05) is 32.2 Å². The Bertz CT molecular complexity index is 731. The van der Waals surface area contributed by atoms with Crippen LogP contribution in [0.4, 0.5) is 5.82 Å². The number of rotatable bonds is 6. The Morgan fingerprint density at radius 1 is 1.23 bits per heavy atom. The first-order valence-electron chi connectivity index (χ1n) is 8.71. The van der Waals surface area contributed by atoms with E-state index in [0.717, 1.165) is 43.1 Å². The summed E-state index contributed by atoms with van der Waals surface area (Å²) in [5.41, 5.74) is 0.929. The summed E-state index contributed by atoms with van der Waals surface area (Å²) in [4.78, 5) is 23.1. The van der Waals surface area contributed by atoms with Crippen LogP contribution < -0.4 is 19.7 Å². The zero-order valence-electron chi connectivity index (χ0n) is 15.1. The smallest absolute Gasteiger partial charge is 0.223 e. The fourth-order valence-corrected chi connectivity index (χ4v) is 3.15. The predicted octanol–water partition coefficient (Wildman–Crippen LogP) is 2.03. The first kappa shape index (κ1) is 18.0. The van der Waals surface area contributed by atoms with Crippen molar-refractivity contribution in [1.82, 2.24) is 15.3 Å². The van der Waals surface area contributed by atoms with Crippen molar-refractivity contribution in [3.63, 3.8) is 0 Å². The summed E-state index contributed by atoms with van der Waals surface area (Å²) >= 11 is 0. The second kappa shape index (κ2) is 8.51. The van der Waals surface area contributed by atoms with Crippen molar-refractivity contribution in [2.45, 2.75) is 19.4 Å². The van der Waals surface area contributed by atoms with Crippen molar-refractivity contribution >= 4 is 11.7 Å². The third kappa shape index (κ3) is 4.22. The van der Waals surface area contributed by atoms with E-state index in [-0.39, 0.29) is 11.8 Å². The number of anilines is 1. The minimum Gasteiger partial charge on any atom is -0.497 e. The number of ether oxygens (including phenoxy) is 2. The van der Waals surface area contributed by atoms with Gasteiger partial charge >= 0.3 is 0 Å². The molecule has 2 heterocycles. The van der Waals surface area contributed by atoms with Gasteiger partial charge in [-0.25, -0.2) is 4.98 Å². The summed E-state index contributed by atoms with van der Waals surface area (Å²) in [6.07, 6.45) is 6.73. The van der Waals surface area contributed by atoms with Gasteiger partial charge in [0.25, 0.3) is 0 Å². The molecule has 0 atom stereocenters. The van der Waals surface area contributed by atoms with Crippen LogP contribution in [-0.2, 0) is 11.3 Å². The number of methoxy groups -OCH3 is 2. The molecule has 26 heavy (non-hydrogen) atoms. The lowest BCUT2D eigenvalue weighted by molar-refractivity contribution is -0.125. The number of carbonyl (C=O) groups is 1. The molecule has 2 aromatic rings. The molecule has 7 nitrogen and oxygen atoms in total. The van der Waals surface area contributed by atoms with E-state index in [1.54, 1.807) is 32.8 Å². The largest absolute Gasteiger partial charge is 0.497 e. The summed E-state index contributed by atoms with van der Waals surface area (Å²) in [5, 5.41) is 3.03. The number of hydrogen-bond acceptors (Lipinski definition) is 6. The molecule has 1 amide bonds. The van der Waals surface area contributed by atoms with Crippen LogP contribution in [0.25, 0.3) is 0 Å². The highest BCUT2D eigenvalue weighted by Crippen LogP contribution is 2.25. The molecule has 1 fully saturated rings. The van der Waals surface area contributed by atoms with Gasteiger partial charge in [0, 0.05) is 49.6 Å². The van der Waals surface area contributed by atoms with Gasteiger partial charge < -0.3 is 19.7 Å². The normalized spacial score (nSPS) is 14.8. The number of nitrogens with zero attached hydrogens (tertiary/aromatic N) is 3. The second-order valence-electron chi connectivity index (χ2n) is 6.22. The molecule has 0 unspecified atom stereocenters. The van der Waals surface area contributed by atoms with E-state index in [4.69, 9.17) is 9.47 Å². The van der Waals surface area contributed by atoms with Crippen LogP contribution in [0.3, 0.4) is 0 Å². The van der Waals surface area contributed by atoms with Gasteiger partial charge in [-0.1, -0.05) is 0 Å². The van der Waals surface area contributed by atoms with Gasteiger partial charge in [0.2, 0.25) is 5.91 Å². The summed E-state index contributed by atoms with van der Waals surface area (Å²) in [6.45, 7) is 2.06. The number of benzene rings is 1. The van der Waals surface area contributed by atoms with Gasteiger partial charge in [-0.3, -0.25) is 9.78 Å². The zero-order valence-corrected chi connectivity index (χ0v) is 15.1. The van der Waals surface area contributed by atoms with Crippen LogP contribution in [-0.4, -0.2) is 43.2 Å². The molecule has 0 bridgehead atoms. The maximum absolute atomic E-state index is 12.5. The van der Waals surface area contributed by atoms with Gasteiger partial charge in [0.15, 0.2) is 0 Å². The maximum Gasteiger partial charge on any atom is 0.223 e. The molecule has 0 saturated carbocycles. The van der Waals surface area contributed by atoms with Gasteiger partial charge in [-0.15, -0.1) is 0 Å². The predicted molar refractivity (Wildman–Crippen MR) is 98.4 cm³/mol. The molecule has 0 spiro atoms. The highest BCUT2D eigenvalue weighted by atomic mass is 16.5. The summed E-state index contributed by atoms with van der Waals surface area (Å²) in [5.74, 6) is 2.42. The lowest BCUT2D eigenvalue weighted by atomic mass is 9.96. The molecule has 1 aromatic heterocycles. The minimum absolute atomic E-state index is 0.0205. The lowest BCUT2D eigenvalue weighted by Gasteiger charge is -2.31. The summed E-state index contributed by atoms with van der Waals surface area (Å²) in [6, 6.07) is 5.60. The van der Waals surface area contributed by atoms with Crippen LogP contribution in [0.1, 0.15) is 18.4 Å². The highest BCUT2D eigenvalue weighted by Gasteiger charge is 2.25. The van der Waals surface area contributed by atoms with Crippen LogP contribution >= 0.6 is 0 Å². The SMILES string of the molecule is COc1ccc(CNC(=O)C2CCN(c3cnccn3)CC2)c(OC)c1. The first-order valence-corrected chi connectivity index (χ1v) is 8.71. The van der Waals surface area contributed by atoms with Crippen LogP contribution in [0.2, 0.25) is 0 Å². The van der Waals surface area contributed by atoms with Crippen molar-refractivity contribution in [3.05, 3.63) is 42.4 Å². The molecule has 7 heteroatoms. The van der Waals surface area contributed by atoms with Crippen molar-refractivity contribution in [2.24, 2.45) is 5.92 Å². The third-order valence-corrected chi connectivity index (χ3v) is 4.69. The van der Waals surface area contributed by atoms with Crippen LogP contribution in [0, 0.1) is 5.92 Å². The molecular formula is C19H24N4O3. The Kier molecular flexibility index (Phi) is 5.88. The molecule has 138 valence electrons. The molecule has 1 aliphatic heterocycles. The lowest BCUT2D eigenvalue weighted by Crippen LogP contribution is -2.40. The molecule has 1 saturated heterocycles. The van der Waals surface area contributed by atoms with Crippen LogP contribution in [0.15, 0.2) is 36.8 Å². The number of amides is 1. The molecule has 0 aliphatic carbocycles. The van der Waals surface area contributed by atoms with Crippen molar-refractivity contribution in [1.29, 1.82) is 0 Å². The average molecular weight is 356 g/mol. The monoisotopic (exact) mass is 356 g/mol. The van der Waals surface area contributed by atoms with Gasteiger partial charge in [-0.05, 0) is 25.0 Å². The topological polar surface area (TPSA) is 76.6 Å². The Balaban J connectivity index is 1.52. The Labute approximate surface area is 153 Å². The van der Waals surface area contributed by atoms with E-state index < -0.39 is 0 Å². The van der Waals surface area contributed by atoms with Gasteiger partial charge in [-0.2, -0.15) is 0 Å². The molecule has 1 aromatic carbocycles. The summed E-state index contributed by atoms with van der Waals surface area (Å²) in [7, 11) is 3.23. The maximum atomic E-state index is 12.5. The van der Waals surface area contributed by atoms with Gasteiger partial charge in [0.1, 0.15) is 17.3 Å². The molecule has 3 rings (SSSR count). The second-order valence-corrected chi connectivity index (χ2v) is 6.22. The van der Waals surface area contributed by atoms with E-state index in [0.29, 0.717) is 12.3 Å². The number of aromatic nitrogens is 2. The third-order valence-electron chi connectivity index (χ3n) is 4.69. The Hall–Kier alpha value is -2.83. The van der Waals surface area contributed by atoms with Crippen LogP contribution in [0.5, 0.6) is 11.5 Å². The fourth-order valence-electron chi connectivity index (χ4n) is 3.15. The molecule has 1 aliphatic rings. The van der Waals surface area contributed by atoms with E-state index in [9.17, 15) is 4.79 Å².